The number of allylic oxidation sites excluding steroid dienone is 8. The zero-order valence-corrected chi connectivity index (χ0v) is 50.3. The number of hydrogen-bond acceptors (Lipinski definition) is 0. The molecule has 0 spiro atoms. The summed E-state index contributed by atoms with van der Waals surface area (Å²) in [4.78, 5) is 0. The fourth-order valence-corrected chi connectivity index (χ4v) is 27.7. The summed E-state index contributed by atoms with van der Waals surface area (Å²) in [5.74, 6) is 14.9. The second-order valence-electron chi connectivity index (χ2n) is 19.1. The summed E-state index contributed by atoms with van der Waals surface area (Å²) in [6.45, 7) is 28.1. The molecule has 0 fully saturated rings. The van der Waals surface area contributed by atoms with Gasteiger partial charge in [0.05, 0.1) is 0 Å². The quantitative estimate of drug-likeness (QED) is 0.0730. The van der Waals surface area contributed by atoms with E-state index in [2.05, 4.69) is 244 Å². The Morgan fingerprint density at radius 1 is 0.314 bits per heavy atom. The summed E-state index contributed by atoms with van der Waals surface area (Å²) in [7, 11) is -6.55. The molecule has 0 radical (unpaired) electrons. The molecule has 0 saturated heterocycles. The first kappa shape index (κ1) is 56.4. The Bertz CT molecular complexity index is 2340. The normalized spacial score (nSPS) is 13.5. The summed E-state index contributed by atoms with van der Waals surface area (Å²) in [6, 6.07) is 52.5. The molecule has 5 heteroatoms. The second-order valence-corrected chi connectivity index (χ2v) is 44.5. The van der Waals surface area contributed by atoms with Gasteiger partial charge in [0.15, 0.2) is 0 Å². The van der Waals surface area contributed by atoms with Crippen LogP contribution in [0.5, 0.6) is 0 Å². The molecule has 0 atom stereocenters. The fourth-order valence-electron chi connectivity index (χ4n) is 9.80. The Morgan fingerprint density at radius 2 is 0.529 bits per heavy atom. The van der Waals surface area contributed by atoms with Crippen LogP contribution in [0.3, 0.4) is 0 Å². The van der Waals surface area contributed by atoms with Crippen LogP contribution >= 0.6 is 0 Å². The molecule has 6 rings (SSSR count). The summed E-state index contributed by atoms with van der Waals surface area (Å²) in [6.07, 6.45) is 16.0. The molecule has 370 valence electrons. The monoisotopic (exact) mass is 1040 g/mol. The van der Waals surface area contributed by atoms with Gasteiger partial charge in [0, 0.05) is 0 Å². The van der Waals surface area contributed by atoms with Crippen molar-refractivity contribution >= 4 is 50.3 Å². The number of rotatable bonds is 17. The third-order valence-electron chi connectivity index (χ3n) is 16.4. The van der Waals surface area contributed by atoms with E-state index in [0.29, 0.717) is 0 Å². The van der Waals surface area contributed by atoms with Crippen molar-refractivity contribution in [2.45, 2.75) is 162 Å². The minimum absolute atomic E-state index is 0.869. The third-order valence-corrected chi connectivity index (χ3v) is 43.2. The molecule has 0 bridgehead atoms. The Balaban J connectivity index is 0.00000217. The van der Waals surface area contributed by atoms with Crippen molar-refractivity contribution in [1.82, 2.24) is 0 Å². The summed E-state index contributed by atoms with van der Waals surface area (Å²) in [5.41, 5.74) is 20.0. The summed E-state index contributed by atoms with van der Waals surface area (Å²) in [5, 5.41) is 0. The molecule has 0 aromatic heterocycles. The van der Waals surface area contributed by atoms with E-state index in [0.717, 1.165) is 28.7 Å². The van der Waals surface area contributed by atoms with Crippen molar-refractivity contribution in [1.29, 1.82) is 0 Å². The second kappa shape index (κ2) is 25.7. The van der Waals surface area contributed by atoms with Crippen LogP contribution in [0.2, 0.25) is 72.5 Å². The first-order chi connectivity index (χ1) is 33.9. The Labute approximate surface area is 433 Å². The molecule has 4 aromatic rings. The van der Waals surface area contributed by atoms with E-state index < -0.39 is 43.9 Å². The van der Waals surface area contributed by atoms with E-state index in [9.17, 15) is 0 Å². The number of hydrogen-bond donors (Lipinski definition) is 0. The van der Waals surface area contributed by atoms with Crippen molar-refractivity contribution in [3.05, 3.63) is 166 Å². The van der Waals surface area contributed by atoms with Crippen molar-refractivity contribution in [3.63, 3.8) is 0 Å². The third kappa shape index (κ3) is 11.5. The molecule has 0 amide bonds. The zero-order valence-electron chi connectivity index (χ0n) is 45.3. The van der Waals surface area contributed by atoms with Crippen LogP contribution in [0.4, 0.5) is 0 Å². The van der Waals surface area contributed by atoms with Gasteiger partial charge in [-0.2, -0.15) is 0 Å². The molecule has 4 aromatic carbocycles. The van der Waals surface area contributed by atoms with Gasteiger partial charge in [0.25, 0.3) is 0 Å². The number of benzene rings is 4. The molecule has 0 N–H and O–H groups in total. The first-order valence-corrected chi connectivity index (χ1v) is 40.0. The molecule has 0 aliphatic heterocycles. The van der Waals surface area contributed by atoms with Crippen molar-refractivity contribution in [3.8, 4) is 45.9 Å². The minimum atomic E-state index is -3.72. The maximum absolute atomic E-state index is 3.89. The molecular weight excluding hydrogens is 952 g/mol. The van der Waals surface area contributed by atoms with Crippen molar-refractivity contribution in [2.24, 2.45) is 0 Å². The van der Waals surface area contributed by atoms with E-state index in [1.165, 1.54) is 95.0 Å². The fraction of sp³-hybridized carbons (Fsp3) is 0.385. The van der Waals surface area contributed by atoms with Crippen LogP contribution < -0.4 is 18.0 Å². The molecule has 0 heterocycles. The zero-order chi connectivity index (χ0) is 50.8. The summed E-state index contributed by atoms with van der Waals surface area (Å²) >= 11 is -3.72. The molecule has 0 saturated carbocycles. The Morgan fingerprint density at radius 3 is 0.686 bits per heavy atom. The average molecular weight is 1040 g/mol. The van der Waals surface area contributed by atoms with Crippen molar-refractivity contribution in [2.75, 3.05) is 0 Å². The predicted molar refractivity (Wildman–Crippen MR) is 321 cm³/mol. The van der Waals surface area contributed by atoms with Gasteiger partial charge >= 0.3 is 412 Å². The van der Waals surface area contributed by atoms with Crippen LogP contribution in [0.15, 0.2) is 144 Å². The average Bonchev–Trinajstić information content (AvgIpc) is 3.96. The van der Waals surface area contributed by atoms with E-state index in [1.807, 2.05) is 24.3 Å². The van der Waals surface area contributed by atoms with Gasteiger partial charge in [-0.15, -0.1) is 0 Å². The van der Waals surface area contributed by atoms with Crippen LogP contribution in [-0.2, 0) is 11.6 Å². The molecular formula is C65H85CoSi4. The van der Waals surface area contributed by atoms with Gasteiger partial charge in [0.2, 0.25) is 0 Å². The predicted octanol–water partition coefficient (Wildman–Crippen LogP) is 15.5. The Hall–Kier alpha value is -4.55. The van der Waals surface area contributed by atoms with Crippen LogP contribution in [0.1, 0.15) is 112 Å². The van der Waals surface area contributed by atoms with Crippen LogP contribution in [0.25, 0.3) is 0 Å². The Kier molecular flexibility index (Phi) is 20.7. The van der Waals surface area contributed by atoms with Gasteiger partial charge in [0.1, 0.15) is 0 Å². The van der Waals surface area contributed by atoms with E-state index in [4.69, 9.17) is 0 Å². The summed E-state index contributed by atoms with van der Waals surface area (Å²) < 4.78 is 6.78. The molecule has 2 aliphatic carbocycles. The molecule has 0 nitrogen and oxygen atoms in total. The SMILES string of the molecule is C1=CC=C1.CC[Si](C#Cc1cc[c]([Co]([C]2=CC=CC2)([c]2ccc(C#C[Si](CC)(CC)CC)cc2)([c]2ccc(C#C[Si](CC)(CC)CC)cc2)[c]2ccc(C#C[Si](CC)(CC)CC)cc2)cc1)(CC)CC. The molecule has 0 unspecified atom stereocenters. The van der Waals surface area contributed by atoms with Gasteiger partial charge in [-0.1, -0.05) is 24.3 Å². The molecule has 2 aliphatic rings. The van der Waals surface area contributed by atoms with Gasteiger partial charge in [-0.3, -0.25) is 0 Å². The van der Waals surface area contributed by atoms with Gasteiger partial charge in [-0.05, 0) is 0 Å². The van der Waals surface area contributed by atoms with Crippen molar-refractivity contribution < 1.29 is 11.6 Å². The van der Waals surface area contributed by atoms with E-state index in [1.54, 1.807) is 0 Å². The van der Waals surface area contributed by atoms with Crippen LogP contribution in [-0.4, -0.2) is 32.3 Å². The first-order valence-electron chi connectivity index (χ1n) is 26.9. The maximum atomic E-state index is 3.89. The van der Waals surface area contributed by atoms with Gasteiger partial charge in [-0.25, -0.2) is 0 Å². The van der Waals surface area contributed by atoms with Crippen LogP contribution in [0, 0.1) is 45.9 Å². The van der Waals surface area contributed by atoms with Gasteiger partial charge < -0.3 is 0 Å². The van der Waals surface area contributed by atoms with E-state index in [-0.39, 0.29) is 0 Å². The topological polar surface area (TPSA) is 0 Å². The van der Waals surface area contributed by atoms with E-state index >= 15 is 0 Å². The standard InChI is InChI=1S/4C14H19Si.C5H5.C4H4.Co/c4*1-4-15(5-2,6-3)13-12-14-10-8-7-9-11-14;1-2-4-5-3-1;1-2-4-3-1;/h4*8-11H,4-6H2,1-3H3;1-3H,4H2;1-4H;. The molecule has 70 heavy (non-hydrogen) atoms.